The Bertz CT molecular complexity index is 1890. The molecule has 36 heavy (non-hydrogen) atoms. The molecule has 0 radical (unpaired) electrons. The molecule has 0 unspecified atom stereocenters. The summed E-state index contributed by atoms with van der Waals surface area (Å²) in [7, 11) is 0. The molecule has 0 saturated heterocycles. The first-order valence-corrected chi connectivity index (χ1v) is 11.9. The SMILES string of the molecule is c1ccc(-c2nc(-c3cccc(-c4ccc5ccc6cccnc6c5c4)n3)c3ccccc3n2)cc1. The van der Waals surface area contributed by atoms with Gasteiger partial charge in [0.15, 0.2) is 5.82 Å². The van der Waals surface area contributed by atoms with E-state index in [4.69, 9.17) is 15.0 Å². The van der Waals surface area contributed by atoms with Gasteiger partial charge in [0.1, 0.15) is 5.69 Å². The second kappa shape index (κ2) is 8.36. The first kappa shape index (κ1) is 20.4. The van der Waals surface area contributed by atoms with E-state index in [0.717, 1.165) is 60.8 Å². The topological polar surface area (TPSA) is 51.6 Å². The summed E-state index contributed by atoms with van der Waals surface area (Å²) in [5.41, 5.74) is 6.47. The fraction of sp³-hybridized carbons (Fsp3) is 0. The van der Waals surface area contributed by atoms with Gasteiger partial charge in [0.05, 0.1) is 22.4 Å². The van der Waals surface area contributed by atoms with Crippen LogP contribution in [-0.4, -0.2) is 19.9 Å². The molecule has 0 bridgehead atoms. The third kappa shape index (κ3) is 3.48. The number of rotatable bonds is 3. The molecule has 0 amide bonds. The lowest BCUT2D eigenvalue weighted by Crippen LogP contribution is -1.97. The molecule has 0 saturated carbocycles. The number of nitrogens with zero attached hydrogens (tertiary/aromatic N) is 4. The van der Waals surface area contributed by atoms with Crippen LogP contribution in [0.5, 0.6) is 0 Å². The number of para-hydroxylation sites is 1. The number of fused-ring (bicyclic) bond motifs is 4. The number of hydrogen-bond donors (Lipinski definition) is 0. The van der Waals surface area contributed by atoms with Crippen LogP contribution in [0.2, 0.25) is 0 Å². The van der Waals surface area contributed by atoms with Crippen molar-refractivity contribution in [2.45, 2.75) is 0 Å². The van der Waals surface area contributed by atoms with Gasteiger partial charge in [0.25, 0.3) is 0 Å². The quantitative estimate of drug-likeness (QED) is 0.253. The molecule has 0 aliphatic carbocycles. The highest BCUT2D eigenvalue weighted by molar-refractivity contribution is 6.06. The highest BCUT2D eigenvalue weighted by Crippen LogP contribution is 2.31. The zero-order valence-corrected chi connectivity index (χ0v) is 19.3. The summed E-state index contributed by atoms with van der Waals surface area (Å²) in [5.74, 6) is 0.694. The van der Waals surface area contributed by atoms with Gasteiger partial charge in [-0.25, -0.2) is 15.0 Å². The van der Waals surface area contributed by atoms with Gasteiger partial charge < -0.3 is 0 Å². The van der Waals surface area contributed by atoms with Crippen LogP contribution in [0.15, 0.2) is 121 Å². The molecule has 0 fully saturated rings. The van der Waals surface area contributed by atoms with Gasteiger partial charge in [-0.3, -0.25) is 4.98 Å². The van der Waals surface area contributed by atoms with Crippen molar-refractivity contribution < 1.29 is 0 Å². The van der Waals surface area contributed by atoms with Gasteiger partial charge in [-0.15, -0.1) is 0 Å². The minimum Gasteiger partial charge on any atom is -0.256 e. The number of pyridine rings is 2. The molecule has 4 heteroatoms. The van der Waals surface area contributed by atoms with E-state index >= 15 is 0 Å². The molecule has 4 aromatic carbocycles. The molecule has 7 rings (SSSR count). The largest absolute Gasteiger partial charge is 0.256 e. The van der Waals surface area contributed by atoms with Crippen molar-refractivity contribution in [3.05, 3.63) is 121 Å². The van der Waals surface area contributed by atoms with E-state index in [1.165, 1.54) is 0 Å². The van der Waals surface area contributed by atoms with Gasteiger partial charge >= 0.3 is 0 Å². The van der Waals surface area contributed by atoms with Crippen molar-refractivity contribution in [2.75, 3.05) is 0 Å². The Balaban J connectivity index is 1.41. The minimum atomic E-state index is 0.694. The maximum atomic E-state index is 5.07. The number of hydrogen-bond acceptors (Lipinski definition) is 4. The second-order valence-corrected chi connectivity index (χ2v) is 8.76. The third-order valence-electron chi connectivity index (χ3n) is 6.51. The lowest BCUT2D eigenvalue weighted by molar-refractivity contribution is 1.20. The van der Waals surface area contributed by atoms with E-state index < -0.39 is 0 Å². The van der Waals surface area contributed by atoms with E-state index in [0.29, 0.717) is 5.82 Å². The zero-order valence-electron chi connectivity index (χ0n) is 19.3. The normalized spacial score (nSPS) is 11.3. The first-order valence-electron chi connectivity index (χ1n) is 11.9. The Morgan fingerprint density at radius 3 is 2.22 bits per heavy atom. The van der Waals surface area contributed by atoms with E-state index in [-0.39, 0.29) is 0 Å². The van der Waals surface area contributed by atoms with Crippen molar-refractivity contribution in [1.82, 2.24) is 19.9 Å². The fourth-order valence-corrected chi connectivity index (χ4v) is 4.74. The first-order chi connectivity index (χ1) is 17.8. The van der Waals surface area contributed by atoms with Gasteiger partial charge in [0, 0.05) is 33.5 Å². The summed E-state index contributed by atoms with van der Waals surface area (Å²) in [4.78, 5) is 19.5. The average molecular weight is 461 g/mol. The molecule has 3 heterocycles. The highest BCUT2D eigenvalue weighted by atomic mass is 14.9. The number of aromatic nitrogens is 4. The molecule has 168 valence electrons. The second-order valence-electron chi connectivity index (χ2n) is 8.76. The summed E-state index contributed by atoms with van der Waals surface area (Å²) in [5, 5.41) is 4.40. The molecule has 0 aliphatic rings. The predicted molar refractivity (Wildman–Crippen MR) is 146 cm³/mol. The Morgan fingerprint density at radius 2 is 1.28 bits per heavy atom. The van der Waals surface area contributed by atoms with Crippen LogP contribution in [0.3, 0.4) is 0 Å². The van der Waals surface area contributed by atoms with Crippen LogP contribution in [0.25, 0.3) is 66.6 Å². The zero-order chi connectivity index (χ0) is 23.9. The number of benzene rings is 4. The van der Waals surface area contributed by atoms with Crippen LogP contribution in [0.4, 0.5) is 0 Å². The molecule has 0 N–H and O–H groups in total. The Hall–Kier alpha value is -4.96. The van der Waals surface area contributed by atoms with E-state index in [1.54, 1.807) is 0 Å². The summed E-state index contributed by atoms with van der Waals surface area (Å²) >= 11 is 0. The molecular formula is C32H20N4. The molecule has 0 aliphatic heterocycles. The van der Waals surface area contributed by atoms with E-state index in [1.807, 2.05) is 79.0 Å². The van der Waals surface area contributed by atoms with Gasteiger partial charge in [-0.1, -0.05) is 84.9 Å². The van der Waals surface area contributed by atoms with Crippen LogP contribution in [-0.2, 0) is 0 Å². The maximum Gasteiger partial charge on any atom is 0.160 e. The van der Waals surface area contributed by atoms with Gasteiger partial charge in [-0.05, 0) is 35.7 Å². The Kier molecular flexibility index (Phi) is 4.74. The van der Waals surface area contributed by atoms with E-state index in [9.17, 15) is 0 Å². The lowest BCUT2D eigenvalue weighted by Gasteiger charge is -2.11. The molecule has 4 nitrogen and oxygen atoms in total. The molecule has 0 atom stereocenters. The van der Waals surface area contributed by atoms with Gasteiger partial charge in [0.2, 0.25) is 0 Å². The predicted octanol–water partition coefficient (Wildman–Crippen LogP) is 7.73. The third-order valence-corrected chi connectivity index (χ3v) is 6.51. The van der Waals surface area contributed by atoms with E-state index in [2.05, 4.69) is 47.4 Å². The molecular weight excluding hydrogens is 440 g/mol. The van der Waals surface area contributed by atoms with Crippen molar-refractivity contribution >= 4 is 32.6 Å². The fourth-order valence-electron chi connectivity index (χ4n) is 4.74. The summed E-state index contributed by atoms with van der Waals surface area (Å²) in [6.07, 6.45) is 1.85. The van der Waals surface area contributed by atoms with Crippen LogP contribution in [0.1, 0.15) is 0 Å². The standard InChI is InChI=1S/C32H20N4/c1-2-8-23(9-3-1)32-35-28-12-5-4-11-25(28)31(36-32)29-14-6-13-27(34-29)24-18-16-21-15-17-22-10-7-19-33-30(22)26(21)20-24/h1-20H. The van der Waals surface area contributed by atoms with Crippen LogP contribution < -0.4 is 0 Å². The summed E-state index contributed by atoms with van der Waals surface area (Å²) in [6.45, 7) is 0. The Labute approximate surface area is 208 Å². The molecule has 3 aromatic heterocycles. The molecule has 0 spiro atoms. The Morgan fingerprint density at radius 1 is 0.472 bits per heavy atom. The van der Waals surface area contributed by atoms with Crippen molar-refractivity contribution in [1.29, 1.82) is 0 Å². The molecule has 7 aromatic rings. The summed E-state index contributed by atoms with van der Waals surface area (Å²) in [6, 6.07) is 39.1. The van der Waals surface area contributed by atoms with Gasteiger partial charge in [-0.2, -0.15) is 0 Å². The van der Waals surface area contributed by atoms with Crippen LogP contribution in [0, 0.1) is 0 Å². The van der Waals surface area contributed by atoms with Crippen molar-refractivity contribution in [3.8, 4) is 34.0 Å². The lowest BCUT2D eigenvalue weighted by atomic mass is 10.0. The minimum absolute atomic E-state index is 0.694. The highest BCUT2D eigenvalue weighted by Gasteiger charge is 2.13. The van der Waals surface area contributed by atoms with Crippen molar-refractivity contribution in [3.63, 3.8) is 0 Å². The summed E-state index contributed by atoms with van der Waals surface area (Å²) < 4.78 is 0. The monoisotopic (exact) mass is 460 g/mol. The smallest absolute Gasteiger partial charge is 0.160 e. The van der Waals surface area contributed by atoms with Crippen LogP contribution >= 0.6 is 0 Å². The maximum absolute atomic E-state index is 5.07. The average Bonchev–Trinajstić information content (AvgIpc) is 2.97. The van der Waals surface area contributed by atoms with Crippen molar-refractivity contribution in [2.24, 2.45) is 0 Å².